The normalized spacial score (nSPS) is 10.7. The molecule has 0 atom stereocenters. The number of carbonyl (C=O) groups is 1. The summed E-state index contributed by atoms with van der Waals surface area (Å²) in [5.41, 5.74) is 2.67. The van der Waals surface area contributed by atoms with E-state index >= 15 is 0 Å². The maximum Gasteiger partial charge on any atom is 0.272 e. The van der Waals surface area contributed by atoms with Gasteiger partial charge in [-0.2, -0.15) is 0 Å². The molecule has 20 heavy (non-hydrogen) atoms. The van der Waals surface area contributed by atoms with Crippen molar-refractivity contribution in [3.05, 3.63) is 59.8 Å². The van der Waals surface area contributed by atoms with Crippen LogP contribution in [-0.2, 0) is 0 Å². The Morgan fingerprint density at radius 3 is 2.75 bits per heavy atom. The van der Waals surface area contributed by atoms with Crippen molar-refractivity contribution in [1.82, 2.24) is 4.98 Å². The van der Waals surface area contributed by atoms with Crippen LogP contribution in [0.2, 0.25) is 0 Å². The van der Waals surface area contributed by atoms with Crippen molar-refractivity contribution in [3.63, 3.8) is 0 Å². The molecule has 4 nitrogen and oxygen atoms in total. The predicted octanol–water partition coefficient (Wildman–Crippen LogP) is 3.43. The number of para-hydroxylation sites is 1. The zero-order valence-electron chi connectivity index (χ0n) is 11.0. The molecule has 4 heteroatoms. The quantitative estimate of drug-likeness (QED) is 0.665. The van der Waals surface area contributed by atoms with E-state index in [-0.39, 0.29) is 11.7 Å². The summed E-state index contributed by atoms with van der Waals surface area (Å²) in [4.78, 5) is 15.3. The number of aromatic amines is 1. The Morgan fingerprint density at radius 2 is 1.95 bits per heavy atom. The van der Waals surface area contributed by atoms with Crippen LogP contribution in [0.5, 0.6) is 5.75 Å². The largest absolute Gasteiger partial charge is 0.508 e. The van der Waals surface area contributed by atoms with E-state index in [0.29, 0.717) is 16.9 Å². The van der Waals surface area contributed by atoms with Crippen LogP contribution in [0.4, 0.5) is 5.69 Å². The number of H-pyrrole nitrogens is 1. The van der Waals surface area contributed by atoms with Gasteiger partial charge in [-0.05, 0) is 31.2 Å². The molecule has 3 aromatic rings. The number of rotatable bonds is 2. The molecule has 0 unspecified atom stereocenters. The molecule has 0 saturated carbocycles. The Bertz CT molecular complexity index is 757. The molecule has 0 spiro atoms. The van der Waals surface area contributed by atoms with Crippen LogP contribution in [0.3, 0.4) is 0 Å². The van der Waals surface area contributed by atoms with Crippen molar-refractivity contribution in [3.8, 4) is 5.75 Å². The van der Waals surface area contributed by atoms with Gasteiger partial charge in [0.2, 0.25) is 0 Å². The maximum atomic E-state index is 12.2. The molecular weight excluding hydrogens is 252 g/mol. The molecule has 100 valence electrons. The number of anilines is 1. The summed E-state index contributed by atoms with van der Waals surface area (Å²) in [6.45, 7) is 1.76. The van der Waals surface area contributed by atoms with Crippen molar-refractivity contribution in [2.75, 3.05) is 5.32 Å². The highest BCUT2D eigenvalue weighted by molar-refractivity contribution is 6.06. The summed E-state index contributed by atoms with van der Waals surface area (Å²) in [5.74, 6) is -0.0608. The van der Waals surface area contributed by atoms with Gasteiger partial charge in [0, 0.05) is 22.2 Å². The number of amides is 1. The SMILES string of the molecule is Cc1c(O)cccc1NC(=O)c1cc2ccccc2[nH]1. The van der Waals surface area contributed by atoms with Gasteiger partial charge in [-0.25, -0.2) is 0 Å². The molecule has 2 aromatic carbocycles. The van der Waals surface area contributed by atoms with Gasteiger partial charge in [0.1, 0.15) is 11.4 Å². The summed E-state index contributed by atoms with van der Waals surface area (Å²) < 4.78 is 0. The third-order valence-corrected chi connectivity index (χ3v) is 3.33. The van der Waals surface area contributed by atoms with Crippen molar-refractivity contribution >= 4 is 22.5 Å². The van der Waals surface area contributed by atoms with E-state index in [1.165, 1.54) is 0 Å². The average Bonchev–Trinajstić information content (AvgIpc) is 2.88. The zero-order valence-corrected chi connectivity index (χ0v) is 11.0. The highest BCUT2D eigenvalue weighted by Gasteiger charge is 2.11. The molecule has 1 amide bonds. The standard InChI is InChI=1S/C16H14N2O2/c1-10-12(7-4-8-15(10)19)18-16(20)14-9-11-5-2-3-6-13(11)17-14/h2-9,17,19H,1H3,(H,18,20). The molecule has 0 saturated heterocycles. The van der Waals surface area contributed by atoms with Crippen LogP contribution in [0.1, 0.15) is 16.1 Å². The number of phenols is 1. The molecule has 0 aliphatic carbocycles. The first-order valence-electron chi connectivity index (χ1n) is 6.33. The van der Waals surface area contributed by atoms with Crippen LogP contribution < -0.4 is 5.32 Å². The number of nitrogens with one attached hydrogen (secondary N) is 2. The number of benzene rings is 2. The Labute approximate surface area is 116 Å². The van der Waals surface area contributed by atoms with Gasteiger partial charge >= 0.3 is 0 Å². The third-order valence-electron chi connectivity index (χ3n) is 3.33. The molecule has 0 bridgehead atoms. The van der Waals surface area contributed by atoms with Gasteiger partial charge < -0.3 is 15.4 Å². The fraction of sp³-hybridized carbons (Fsp3) is 0.0625. The molecule has 0 radical (unpaired) electrons. The fourth-order valence-electron chi connectivity index (χ4n) is 2.14. The Hall–Kier alpha value is -2.75. The number of carbonyl (C=O) groups excluding carboxylic acids is 1. The summed E-state index contributed by atoms with van der Waals surface area (Å²) in [7, 11) is 0. The molecule has 0 aliphatic rings. The minimum atomic E-state index is -0.227. The lowest BCUT2D eigenvalue weighted by Gasteiger charge is -2.08. The highest BCUT2D eigenvalue weighted by atomic mass is 16.3. The molecule has 3 rings (SSSR count). The monoisotopic (exact) mass is 266 g/mol. The zero-order chi connectivity index (χ0) is 14.1. The van der Waals surface area contributed by atoms with Crippen molar-refractivity contribution < 1.29 is 9.90 Å². The summed E-state index contributed by atoms with van der Waals surface area (Å²) in [6, 6.07) is 14.6. The summed E-state index contributed by atoms with van der Waals surface area (Å²) in [5, 5.41) is 13.4. The van der Waals surface area contributed by atoms with Gasteiger partial charge in [-0.3, -0.25) is 4.79 Å². The number of fused-ring (bicyclic) bond motifs is 1. The topological polar surface area (TPSA) is 65.1 Å². The Kier molecular flexibility index (Phi) is 2.91. The number of aromatic nitrogens is 1. The van der Waals surface area contributed by atoms with E-state index in [1.807, 2.05) is 30.3 Å². The van der Waals surface area contributed by atoms with E-state index in [0.717, 1.165) is 10.9 Å². The second kappa shape index (κ2) is 4.74. The van der Waals surface area contributed by atoms with Crippen LogP contribution >= 0.6 is 0 Å². The third kappa shape index (κ3) is 2.12. The molecule has 0 aliphatic heterocycles. The first kappa shape index (κ1) is 12.3. The Balaban J connectivity index is 1.91. The van der Waals surface area contributed by atoms with Gasteiger partial charge in [0.15, 0.2) is 0 Å². The highest BCUT2D eigenvalue weighted by Crippen LogP contribution is 2.24. The molecule has 1 aromatic heterocycles. The first-order chi connectivity index (χ1) is 9.65. The van der Waals surface area contributed by atoms with Crippen LogP contribution in [0.25, 0.3) is 10.9 Å². The predicted molar refractivity (Wildman–Crippen MR) is 79.1 cm³/mol. The first-order valence-corrected chi connectivity index (χ1v) is 6.33. The Morgan fingerprint density at radius 1 is 1.15 bits per heavy atom. The molecular formula is C16H14N2O2. The lowest BCUT2D eigenvalue weighted by atomic mass is 10.2. The average molecular weight is 266 g/mol. The number of phenolic OH excluding ortho intramolecular Hbond substituents is 1. The minimum absolute atomic E-state index is 0.166. The van der Waals surface area contributed by atoms with Crippen molar-refractivity contribution in [2.45, 2.75) is 6.92 Å². The van der Waals surface area contributed by atoms with E-state index in [9.17, 15) is 9.90 Å². The second-order valence-corrected chi connectivity index (χ2v) is 4.67. The molecule has 3 N–H and O–H groups in total. The van der Waals surface area contributed by atoms with E-state index < -0.39 is 0 Å². The number of hydrogen-bond acceptors (Lipinski definition) is 2. The second-order valence-electron chi connectivity index (χ2n) is 4.67. The van der Waals surface area contributed by atoms with Crippen molar-refractivity contribution in [1.29, 1.82) is 0 Å². The fourth-order valence-corrected chi connectivity index (χ4v) is 2.14. The van der Waals surface area contributed by atoms with Gasteiger partial charge in [0.05, 0.1) is 0 Å². The molecule has 0 fully saturated rings. The number of aromatic hydroxyl groups is 1. The smallest absolute Gasteiger partial charge is 0.272 e. The molecule has 1 heterocycles. The van der Waals surface area contributed by atoms with E-state index in [1.54, 1.807) is 25.1 Å². The van der Waals surface area contributed by atoms with Gasteiger partial charge in [0.25, 0.3) is 5.91 Å². The summed E-state index contributed by atoms with van der Waals surface area (Å²) >= 11 is 0. The van der Waals surface area contributed by atoms with Gasteiger partial charge in [-0.15, -0.1) is 0 Å². The lowest BCUT2D eigenvalue weighted by Crippen LogP contribution is -2.13. The van der Waals surface area contributed by atoms with E-state index in [2.05, 4.69) is 10.3 Å². The maximum absolute atomic E-state index is 12.2. The van der Waals surface area contributed by atoms with Crippen molar-refractivity contribution in [2.24, 2.45) is 0 Å². The summed E-state index contributed by atoms with van der Waals surface area (Å²) in [6.07, 6.45) is 0. The van der Waals surface area contributed by atoms with Crippen LogP contribution in [0, 0.1) is 6.92 Å². The number of hydrogen-bond donors (Lipinski definition) is 3. The van der Waals surface area contributed by atoms with Crippen LogP contribution in [-0.4, -0.2) is 16.0 Å². The van der Waals surface area contributed by atoms with Gasteiger partial charge in [-0.1, -0.05) is 24.3 Å². The lowest BCUT2D eigenvalue weighted by molar-refractivity contribution is 0.102. The minimum Gasteiger partial charge on any atom is -0.508 e. The van der Waals surface area contributed by atoms with Crippen LogP contribution in [0.15, 0.2) is 48.5 Å². The van der Waals surface area contributed by atoms with E-state index in [4.69, 9.17) is 0 Å².